The van der Waals surface area contributed by atoms with Crippen LogP contribution in [0.1, 0.15) is 16.0 Å². The van der Waals surface area contributed by atoms with Crippen molar-refractivity contribution in [3.8, 4) is 0 Å². The van der Waals surface area contributed by atoms with E-state index in [0.29, 0.717) is 0 Å². The number of rotatable bonds is 1. The molecule has 0 aliphatic rings. The highest BCUT2D eigenvalue weighted by Crippen LogP contribution is 2.37. The van der Waals surface area contributed by atoms with Crippen LogP contribution in [0.2, 0.25) is 5.02 Å². The Labute approximate surface area is 93.6 Å². The lowest BCUT2D eigenvalue weighted by molar-refractivity contribution is -0.137. The molecule has 0 aliphatic heterocycles. The fraction of sp³-hybridized carbons (Fsp3) is 0.250. The fourth-order valence-corrected chi connectivity index (χ4v) is 1.39. The lowest BCUT2D eigenvalue weighted by atomic mass is 10.1. The van der Waals surface area contributed by atoms with Crippen molar-refractivity contribution in [3.05, 3.63) is 34.3 Å². The highest BCUT2D eigenvalue weighted by Gasteiger charge is 2.33. The zero-order valence-corrected chi connectivity index (χ0v) is 8.84. The minimum absolute atomic E-state index is 0.171. The fourth-order valence-electron chi connectivity index (χ4n) is 0.896. The largest absolute Gasteiger partial charge is 0.417 e. The van der Waals surface area contributed by atoms with Crippen LogP contribution in [-0.2, 0) is 6.18 Å². The summed E-state index contributed by atoms with van der Waals surface area (Å²) in [6.45, 7) is 0. The monoisotopic (exact) mass is 262 g/mol. The molecule has 1 rings (SSSR count). The molecule has 0 nitrogen and oxygen atoms in total. The van der Waals surface area contributed by atoms with E-state index >= 15 is 0 Å². The lowest BCUT2D eigenvalue weighted by Crippen LogP contribution is -2.06. The highest BCUT2D eigenvalue weighted by molar-refractivity contribution is 6.44. The Bertz CT molecular complexity index is 333. The Kier molecular flexibility index (Phi) is 3.56. The molecule has 0 aliphatic carbocycles. The molecule has 0 fully saturated rings. The zero-order chi connectivity index (χ0) is 10.9. The van der Waals surface area contributed by atoms with Gasteiger partial charge in [-0.3, -0.25) is 0 Å². The molecule has 0 saturated heterocycles. The number of hydrogen-bond donors (Lipinski definition) is 0. The number of halogens is 6. The van der Waals surface area contributed by atoms with Gasteiger partial charge in [-0.25, -0.2) is 0 Å². The maximum absolute atomic E-state index is 12.3. The van der Waals surface area contributed by atoms with E-state index in [1.807, 2.05) is 0 Å². The van der Waals surface area contributed by atoms with Gasteiger partial charge in [-0.1, -0.05) is 17.7 Å². The normalized spacial score (nSPS) is 12.2. The van der Waals surface area contributed by atoms with Crippen molar-refractivity contribution in [2.45, 2.75) is 11.0 Å². The summed E-state index contributed by atoms with van der Waals surface area (Å²) in [5.41, 5.74) is -0.756. The molecule has 14 heavy (non-hydrogen) atoms. The summed E-state index contributed by atoms with van der Waals surface area (Å²) in [7, 11) is 0. The second-order valence-electron chi connectivity index (χ2n) is 2.54. The maximum atomic E-state index is 12.3. The molecular weight excluding hydrogens is 259 g/mol. The number of benzene rings is 1. The molecular formula is C8H4Cl3F3. The molecule has 0 saturated carbocycles. The van der Waals surface area contributed by atoms with Crippen molar-refractivity contribution in [1.29, 1.82) is 0 Å². The molecule has 0 bridgehead atoms. The minimum atomic E-state index is -4.49. The Morgan fingerprint density at radius 1 is 1.14 bits per heavy atom. The zero-order valence-electron chi connectivity index (χ0n) is 6.58. The molecule has 6 heteroatoms. The number of hydrogen-bond acceptors (Lipinski definition) is 0. The molecule has 0 unspecified atom stereocenters. The first kappa shape index (κ1) is 12.0. The van der Waals surface area contributed by atoms with Crippen LogP contribution in [0, 0.1) is 0 Å². The summed E-state index contributed by atoms with van der Waals surface area (Å²) in [5, 5.41) is -0.366. The van der Waals surface area contributed by atoms with Gasteiger partial charge in [0.15, 0.2) is 0 Å². The quantitative estimate of drug-likeness (QED) is 0.636. The van der Waals surface area contributed by atoms with Gasteiger partial charge in [0.05, 0.1) is 10.6 Å². The van der Waals surface area contributed by atoms with Crippen LogP contribution < -0.4 is 0 Å². The van der Waals surface area contributed by atoms with E-state index in [1.165, 1.54) is 6.07 Å². The smallest absolute Gasteiger partial charge is 0.166 e. The molecule has 0 atom stereocenters. The van der Waals surface area contributed by atoms with Crippen molar-refractivity contribution in [2.24, 2.45) is 0 Å². The van der Waals surface area contributed by atoms with E-state index in [1.54, 1.807) is 0 Å². The van der Waals surface area contributed by atoms with Crippen LogP contribution in [0.4, 0.5) is 13.2 Å². The van der Waals surface area contributed by atoms with Gasteiger partial charge in [-0.05, 0) is 17.7 Å². The molecule has 0 heterocycles. The lowest BCUT2D eigenvalue weighted by Gasteiger charge is -2.10. The first-order valence-electron chi connectivity index (χ1n) is 3.47. The highest BCUT2D eigenvalue weighted by atomic mass is 35.5. The summed E-state index contributed by atoms with van der Waals surface area (Å²) in [4.78, 5) is -0.992. The van der Waals surface area contributed by atoms with Gasteiger partial charge in [0, 0.05) is 0 Å². The van der Waals surface area contributed by atoms with Gasteiger partial charge >= 0.3 is 6.18 Å². The average Bonchev–Trinajstić information content (AvgIpc) is 2.02. The third-order valence-corrected chi connectivity index (χ3v) is 2.38. The molecule has 1 aromatic rings. The van der Waals surface area contributed by atoms with E-state index in [2.05, 4.69) is 0 Å². The van der Waals surface area contributed by atoms with E-state index < -0.39 is 16.6 Å². The molecule has 0 N–H and O–H groups in total. The van der Waals surface area contributed by atoms with E-state index in [4.69, 9.17) is 34.8 Å². The van der Waals surface area contributed by atoms with Crippen LogP contribution >= 0.6 is 34.8 Å². The summed E-state index contributed by atoms with van der Waals surface area (Å²) >= 11 is 16.2. The standard InChI is InChI=1S/C8H4Cl3F3/c9-6-2-1-4(7(10)11)3-5(6)8(12,13)14/h1-3,7H. The van der Waals surface area contributed by atoms with E-state index in [9.17, 15) is 13.2 Å². The van der Waals surface area contributed by atoms with Gasteiger partial charge in [0.1, 0.15) is 4.84 Å². The molecule has 1 aromatic carbocycles. The van der Waals surface area contributed by atoms with E-state index in [-0.39, 0.29) is 10.6 Å². The summed E-state index contributed by atoms with van der Waals surface area (Å²) in [6, 6.07) is 3.31. The Balaban J connectivity index is 3.22. The third-order valence-electron chi connectivity index (χ3n) is 1.55. The Morgan fingerprint density at radius 3 is 2.14 bits per heavy atom. The molecule has 0 aromatic heterocycles. The predicted octanol–water partition coefficient (Wildman–Crippen LogP) is 4.84. The second-order valence-corrected chi connectivity index (χ2v) is 4.04. The van der Waals surface area contributed by atoms with Gasteiger partial charge in [-0.2, -0.15) is 13.2 Å². The van der Waals surface area contributed by atoms with Crippen molar-refractivity contribution in [2.75, 3.05) is 0 Å². The van der Waals surface area contributed by atoms with Gasteiger partial charge < -0.3 is 0 Å². The minimum Gasteiger partial charge on any atom is -0.166 e. The third kappa shape index (κ3) is 2.69. The van der Waals surface area contributed by atoms with Gasteiger partial charge in [-0.15, -0.1) is 23.2 Å². The first-order chi connectivity index (χ1) is 6.32. The van der Waals surface area contributed by atoms with E-state index in [0.717, 1.165) is 12.1 Å². The summed E-state index contributed by atoms with van der Waals surface area (Å²) in [6.07, 6.45) is -4.49. The first-order valence-corrected chi connectivity index (χ1v) is 4.72. The predicted molar refractivity (Wildman–Crippen MR) is 50.9 cm³/mol. The van der Waals surface area contributed by atoms with Crippen LogP contribution in [0.5, 0.6) is 0 Å². The second kappa shape index (κ2) is 4.17. The van der Waals surface area contributed by atoms with Crippen LogP contribution in [-0.4, -0.2) is 0 Å². The molecule has 78 valence electrons. The van der Waals surface area contributed by atoms with Crippen LogP contribution in [0.25, 0.3) is 0 Å². The average molecular weight is 263 g/mol. The maximum Gasteiger partial charge on any atom is 0.417 e. The molecule has 0 spiro atoms. The van der Waals surface area contributed by atoms with Crippen LogP contribution in [0.15, 0.2) is 18.2 Å². The Hall–Kier alpha value is -0.120. The van der Waals surface area contributed by atoms with Crippen molar-refractivity contribution in [1.82, 2.24) is 0 Å². The summed E-state index contributed by atoms with van der Waals surface area (Å²) in [5.74, 6) is 0. The van der Waals surface area contributed by atoms with Gasteiger partial charge in [0.2, 0.25) is 0 Å². The number of alkyl halides is 5. The molecule has 0 radical (unpaired) electrons. The van der Waals surface area contributed by atoms with Gasteiger partial charge in [0.25, 0.3) is 0 Å². The molecule has 0 amide bonds. The van der Waals surface area contributed by atoms with Crippen molar-refractivity contribution >= 4 is 34.8 Å². The SMILES string of the molecule is FC(F)(F)c1cc(C(Cl)Cl)ccc1Cl. The van der Waals surface area contributed by atoms with Crippen LogP contribution in [0.3, 0.4) is 0 Å². The topological polar surface area (TPSA) is 0 Å². The Morgan fingerprint density at radius 2 is 1.71 bits per heavy atom. The summed E-state index contributed by atoms with van der Waals surface area (Å²) < 4.78 is 37.0. The van der Waals surface area contributed by atoms with Crippen molar-refractivity contribution < 1.29 is 13.2 Å². The van der Waals surface area contributed by atoms with Crippen molar-refractivity contribution in [3.63, 3.8) is 0 Å².